The van der Waals surface area contributed by atoms with Crippen molar-refractivity contribution in [2.45, 2.75) is 47.2 Å². The predicted molar refractivity (Wildman–Crippen MR) is 111 cm³/mol. The van der Waals surface area contributed by atoms with E-state index in [-0.39, 0.29) is 24.1 Å². The van der Waals surface area contributed by atoms with Crippen LogP contribution in [-0.4, -0.2) is 22.6 Å². The van der Waals surface area contributed by atoms with Crippen molar-refractivity contribution in [1.29, 1.82) is 0 Å². The second kappa shape index (κ2) is 7.54. The standard InChI is InChI=1S/C22H27N3O3/c1-12(2)25-11-14(4)20-17(8-16(28-6)9-19(20)25)21(26)23-10-18-13(3)7-15(5)24-22(18)27/h7-9,11-12H,10H2,1-6H3,(H,23,26)(H,24,27). The predicted octanol–water partition coefficient (Wildman–Crippen LogP) is 3.77. The van der Waals surface area contributed by atoms with Crippen LogP contribution in [0.25, 0.3) is 10.9 Å². The molecule has 1 aromatic carbocycles. The maximum absolute atomic E-state index is 13.0. The van der Waals surface area contributed by atoms with Crippen LogP contribution in [0.2, 0.25) is 0 Å². The normalized spacial score (nSPS) is 11.2. The topological polar surface area (TPSA) is 76.1 Å². The molecule has 1 amide bonds. The molecule has 0 unspecified atom stereocenters. The number of hydrogen-bond acceptors (Lipinski definition) is 3. The van der Waals surface area contributed by atoms with Gasteiger partial charge < -0.3 is 19.6 Å². The van der Waals surface area contributed by atoms with Crippen LogP contribution in [0.15, 0.2) is 29.2 Å². The molecule has 0 atom stereocenters. The highest BCUT2D eigenvalue weighted by Gasteiger charge is 2.19. The first-order chi connectivity index (χ1) is 13.2. The SMILES string of the molecule is COc1cc(C(=O)NCc2c(C)cc(C)[nH]c2=O)c2c(C)cn(C(C)C)c2c1. The zero-order valence-corrected chi connectivity index (χ0v) is 17.3. The molecule has 6 nitrogen and oxygen atoms in total. The Bertz CT molecular complexity index is 1110. The fraction of sp³-hybridized carbons (Fsp3) is 0.364. The minimum atomic E-state index is -0.229. The Balaban J connectivity index is 2.01. The number of H-pyrrole nitrogens is 1. The third-order valence-corrected chi connectivity index (χ3v) is 5.05. The van der Waals surface area contributed by atoms with Gasteiger partial charge in [-0.2, -0.15) is 0 Å². The van der Waals surface area contributed by atoms with Gasteiger partial charge in [0, 0.05) is 41.5 Å². The lowest BCUT2D eigenvalue weighted by Gasteiger charge is -2.13. The minimum Gasteiger partial charge on any atom is -0.497 e. The zero-order valence-electron chi connectivity index (χ0n) is 17.3. The molecule has 0 radical (unpaired) electrons. The van der Waals surface area contributed by atoms with E-state index in [0.29, 0.717) is 16.9 Å². The first kappa shape index (κ1) is 19.7. The average molecular weight is 381 g/mol. The van der Waals surface area contributed by atoms with Crippen molar-refractivity contribution < 1.29 is 9.53 Å². The van der Waals surface area contributed by atoms with E-state index in [4.69, 9.17) is 4.74 Å². The van der Waals surface area contributed by atoms with E-state index in [1.807, 2.05) is 32.9 Å². The number of fused-ring (bicyclic) bond motifs is 1. The molecule has 0 aliphatic carbocycles. The summed E-state index contributed by atoms with van der Waals surface area (Å²) in [6, 6.07) is 5.86. The number of ether oxygens (including phenoxy) is 1. The maximum Gasteiger partial charge on any atom is 0.253 e. The molecule has 0 aliphatic heterocycles. The van der Waals surface area contributed by atoms with E-state index in [1.165, 1.54) is 0 Å². The molecule has 0 aliphatic rings. The lowest BCUT2D eigenvalue weighted by molar-refractivity contribution is 0.0952. The van der Waals surface area contributed by atoms with Gasteiger partial charge in [-0.05, 0) is 57.9 Å². The fourth-order valence-electron chi connectivity index (χ4n) is 3.65. The molecule has 148 valence electrons. The molecule has 2 heterocycles. The number of hydrogen-bond donors (Lipinski definition) is 2. The van der Waals surface area contributed by atoms with Gasteiger partial charge in [0.2, 0.25) is 0 Å². The van der Waals surface area contributed by atoms with Crippen molar-refractivity contribution in [2.75, 3.05) is 7.11 Å². The molecule has 6 heteroatoms. The molecule has 0 spiro atoms. The Labute approximate surface area is 164 Å². The quantitative estimate of drug-likeness (QED) is 0.706. The number of benzene rings is 1. The zero-order chi connectivity index (χ0) is 20.6. The Morgan fingerprint density at radius 1 is 1.18 bits per heavy atom. The summed E-state index contributed by atoms with van der Waals surface area (Å²) in [6.07, 6.45) is 2.06. The molecule has 0 saturated heterocycles. The van der Waals surface area contributed by atoms with Crippen LogP contribution in [0, 0.1) is 20.8 Å². The number of aryl methyl sites for hydroxylation is 3. The van der Waals surface area contributed by atoms with Crippen molar-refractivity contribution in [3.05, 3.63) is 62.7 Å². The van der Waals surface area contributed by atoms with Crippen molar-refractivity contribution in [3.8, 4) is 5.75 Å². The molecular formula is C22H27N3O3. The Morgan fingerprint density at radius 2 is 1.89 bits per heavy atom. The van der Waals surface area contributed by atoms with E-state index in [9.17, 15) is 9.59 Å². The molecule has 2 N–H and O–H groups in total. The summed E-state index contributed by atoms with van der Waals surface area (Å²) in [4.78, 5) is 28.0. The third-order valence-electron chi connectivity index (χ3n) is 5.05. The van der Waals surface area contributed by atoms with Gasteiger partial charge in [0.25, 0.3) is 11.5 Å². The molecule has 3 rings (SSSR count). The monoisotopic (exact) mass is 381 g/mol. The van der Waals surface area contributed by atoms with E-state index < -0.39 is 0 Å². The van der Waals surface area contributed by atoms with Crippen LogP contribution in [0.5, 0.6) is 5.75 Å². The highest BCUT2D eigenvalue weighted by atomic mass is 16.5. The maximum atomic E-state index is 13.0. The minimum absolute atomic E-state index is 0.170. The van der Waals surface area contributed by atoms with Gasteiger partial charge in [-0.25, -0.2) is 0 Å². The van der Waals surface area contributed by atoms with Crippen molar-refractivity contribution in [1.82, 2.24) is 14.9 Å². The summed E-state index contributed by atoms with van der Waals surface area (Å²) in [6.45, 7) is 10.1. The summed E-state index contributed by atoms with van der Waals surface area (Å²) in [5.41, 5.74) is 4.59. The molecule has 0 saturated carbocycles. The highest BCUT2D eigenvalue weighted by molar-refractivity contribution is 6.08. The number of aromatic nitrogens is 2. The Hall–Kier alpha value is -3.02. The van der Waals surface area contributed by atoms with Crippen LogP contribution in [0.4, 0.5) is 0 Å². The molecule has 2 aromatic heterocycles. The summed E-state index contributed by atoms with van der Waals surface area (Å²) < 4.78 is 7.56. The van der Waals surface area contributed by atoms with Gasteiger partial charge >= 0.3 is 0 Å². The summed E-state index contributed by atoms with van der Waals surface area (Å²) in [7, 11) is 1.59. The van der Waals surface area contributed by atoms with E-state index in [0.717, 1.165) is 27.7 Å². The van der Waals surface area contributed by atoms with Gasteiger partial charge in [-0.15, -0.1) is 0 Å². The number of pyridine rings is 1. The third kappa shape index (κ3) is 3.54. The molecule has 0 bridgehead atoms. The van der Waals surface area contributed by atoms with Gasteiger partial charge in [-0.1, -0.05) is 0 Å². The van der Waals surface area contributed by atoms with E-state index in [1.54, 1.807) is 13.2 Å². The lowest BCUT2D eigenvalue weighted by atomic mass is 10.0. The van der Waals surface area contributed by atoms with Crippen LogP contribution in [0.1, 0.15) is 52.6 Å². The van der Waals surface area contributed by atoms with Crippen molar-refractivity contribution in [3.63, 3.8) is 0 Å². The van der Waals surface area contributed by atoms with Gasteiger partial charge in [-0.3, -0.25) is 9.59 Å². The second-order valence-corrected chi connectivity index (χ2v) is 7.51. The number of nitrogens with one attached hydrogen (secondary N) is 2. The number of nitrogens with zero attached hydrogens (tertiary/aromatic N) is 1. The fourth-order valence-corrected chi connectivity index (χ4v) is 3.65. The Morgan fingerprint density at radius 3 is 2.50 bits per heavy atom. The summed E-state index contributed by atoms with van der Waals surface area (Å²) >= 11 is 0. The second-order valence-electron chi connectivity index (χ2n) is 7.51. The van der Waals surface area contributed by atoms with Gasteiger partial charge in [0.1, 0.15) is 5.75 Å². The van der Waals surface area contributed by atoms with Crippen LogP contribution >= 0.6 is 0 Å². The van der Waals surface area contributed by atoms with Crippen LogP contribution < -0.4 is 15.6 Å². The van der Waals surface area contributed by atoms with E-state index >= 15 is 0 Å². The number of methoxy groups -OCH3 is 1. The van der Waals surface area contributed by atoms with Gasteiger partial charge in [0.05, 0.1) is 18.2 Å². The van der Waals surface area contributed by atoms with Crippen LogP contribution in [0.3, 0.4) is 0 Å². The molecular weight excluding hydrogens is 354 g/mol. The lowest BCUT2D eigenvalue weighted by Crippen LogP contribution is -2.28. The van der Waals surface area contributed by atoms with Crippen LogP contribution in [-0.2, 0) is 6.54 Å². The number of amides is 1. The first-order valence-corrected chi connectivity index (χ1v) is 9.39. The largest absolute Gasteiger partial charge is 0.497 e. The molecule has 3 aromatic rings. The Kier molecular flexibility index (Phi) is 5.31. The molecule has 0 fully saturated rings. The number of carbonyl (C=O) groups is 1. The van der Waals surface area contributed by atoms with Crippen molar-refractivity contribution >= 4 is 16.8 Å². The smallest absolute Gasteiger partial charge is 0.253 e. The highest BCUT2D eigenvalue weighted by Crippen LogP contribution is 2.31. The summed E-state index contributed by atoms with van der Waals surface area (Å²) in [5.74, 6) is 0.398. The van der Waals surface area contributed by atoms with Gasteiger partial charge in [0.15, 0.2) is 0 Å². The number of aromatic amines is 1. The summed E-state index contributed by atoms with van der Waals surface area (Å²) in [5, 5.41) is 3.81. The van der Waals surface area contributed by atoms with E-state index in [2.05, 4.69) is 34.9 Å². The average Bonchev–Trinajstić information content (AvgIpc) is 2.96. The molecule has 28 heavy (non-hydrogen) atoms. The number of carbonyl (C=O) groups excluding carboxylic acids is 1. The number of rotatable bonds is 5. The first-order valence-electron chi connectivity index (χ1n) is 9.39. The van der Waals surface area contributed by atoms with Crippen molar-refractivity contribution in [2.24, 2.45) is 0 Å².